The van der Waals surface area contributed by atoms with Gasteiger partial charge < -0.3 is 10.3 Å². The van der Waals surface area contributed by atoms with Crippen LogP contribution in [-0.2, 0) is 13.0 Å². The van der Waals surface area contributed by atoms with Gasteiger partial charge in [-0.2, -0.15) is 0 Å². The fourth-order valence-corrected chi connectivity index (χ4v) is 2.39. The lowest BCUT2D eigenvalue weighted by Crippen LogP contribution is -2.17. The molecule has 0 aliphatic carbocycles. The Hall–Kier alpha value is -1.39. The maximum Gasteiger partial charge on any atom is 0.124 e. The van der Waals surface area contributed by atoms with Crippen LogP contribution in [0.4, 0.5) is 4.39 Å². The molecule has 0 fully saturated rings. The molecule has 0 saturated carbocycles. The van der Waals surface area contributed by atoms with Crippen LogP contribution in [0, 0.1) is 5.82 Å². The van der Waals surface area contributed by atoms with Crippen LogP contribution in [0.2, 0.25) is 5.02 Å². The highest BCUT2D eigenvalue weighted by molar-refractivity contribution is 6.31. The average molecular weight is 282 g/mol. The third kappa shape index (κ3) is 3.33. The molecule has 0 radical (unpaired) electrons. The van der Waals surface area contributed by atoms with Crippen molar-refractivity contribution < 1.29 is 4.39 Å². The van der Waals surface area contributed by atoms with Gasteiger partial charge in [0, 0.05) is 36.4 Å². The first-order chi connectivity index (χ1) is 9.11. The minimum Gasteiger partial charge on any atom is -0.335 e. The molecule has 0 bridgehead atoms. The van der Waals surface area contributed by atoms with Gasteiger partial charge in [-0.3, -0.25) is 0 Å². The van der Waals surface area contributed by atoms with E-state index in [1.54, 1.807) is 12.3 Å². The molecule has 102 valence electrons. The van der Waals surface area contributed by atoms with Crippen molar-refractivity contribution in [3.05, 3.63) is 52.8 Å². The molecule has 2 aromatic rings. The number of aryl methyl sites for hydroxylation is 1. The van der Waals surface area contributed by atoms with Gasteiger partial charge >= 0.3 is 0 Å². The largest absolute Gasteiger partial charge is 0.335 e. The Morgan fingerprint density at radius 2 is 2.26 bits per heavy atom. The summed E-state index contributed by atoms with van der Waals surface area (Å²) >= 11 is 6.02. The Balaban J connectivity index is 2.16. The summed E-state index contributed by atoms with van der Waals surface area (Å²) in [6, 6.07) is 4.01. The Morgan fingerprint density at radius 3 is 2.95 bits per heavy atom. The number of imidazole rings is 1. The molecule has 0 spiro atoms. The molecule has 0 saturated heterocycles. The van der Waals surface area contributed by atoms with Crippen molar-refractivity contribution in [1.82, 2.24) is 9.55 Å². The Morgan fingerprint density at radius 1 is 1.47 bits per heavy atom. The smallest absolute Gasteiger partial charge is 0.124 e. The zero-order valence-electron chi connectivity index (χ0n) is 10.8. The highest BCUT2D eigenvalue weighted by Crippen LogP contribution is 2.24. The Labute approximate surface area is 117 Å². The van der Waals surface area contributed by atoms with Crippen molar-refractivity contribution in [2.24, 2.45) is 5.73 Å². The minimum absolute atomic E-state index is 0.286. The van der Waals surface area contributed by atoms with E-state index in [9.17, 15) is 4.39 Å². The number of halogens is 2. The van der Waals surface area contributed by atoms with E-state index in [1.807, 2.05) is 6.20 Å². The molecule has 2 N–H and O–H groups in total. The van der Waals surface area contributed by atoms with Gasteiger partial charge in [-0.15, -0.1) is 0 Å². The van der Waals surface area contributed by atoms with Gasteiger partial charge in [-0.05, 0) is 24.1 Å². The number of hydrogen-bond donors (Lipinski definition) is 1. The van der Waals surface area contributed by atoms with E-state index in [1.165, 1.54) is 12.1 Å². The molecule has 3 nitrogen and oxygen atoms in total. The summed E-state index contributed by atoms with van der Waals surface area (Å²) in [6.45, 7) is 3.03. The van der Waals surface area contributed by atoms with Crippen molar-refractivity contribution in [2.45, 2.75) is 32.4 Å². The SMILES string of the molecule is CCCn1ccnc1CC(N)c1ccc(F)cc1Cl. The van der Waals surface area contributed by atoms with Crippen molar-refractivity contribution in [1.29, 1.82) is 0 Å². The van der Waals surface area contributed by atoms with E-state index in [0.717, 1.165) is 24.4 Å². The number of nitrogens with zero attached hydrogens (tertiary/aromatic N) is 2. The zero-order valence-corrected chi connectivity index (χ0v) is 11.6. The lowest BCUT2D eigenvalue weighted by atomic mass is 10.0. The van der Waals surface area contributed by atoms with Crippen LogP contribution < -0.4 is 5.73 Å². The van der Waals surface area contributed by atoms with Gasteiger partial charge in [0.1, 0.15) is 11.6 Å². The number of nitrogens with two attached hydrogens (primary N) is 1. The molecule has 1 heterocycles. The topological polar surface area (TPSA) is 43.8 Å². The van der Waals surface area contributed by atoms with Gasteiger partial charge in [0.15, 0.2) is 0 Å². The summed E-state index contributed by atoms with van der Waals surface area (Å²) < 4.78 is 15.1. The van der Waals surface area contributed by atoms with E-state index in [2.05, 4.69) is 16.5 Å². The molecule has 0 aliphatic heterocycles. The quantitative estimate of drug-likeness (QED) is 0.913. The van der Waals surface area contributed by atoms with Crippen LogP contribution in [0.5, 0.6) is 0 Å². The van der Waals surface area contributed by atoms with Crippen molar-refractivity contribution in [2.75, 3.05) is 0 Å². The number of hydrogen-bond acceptors (Lipinski definition) is 2. The van der Waals surface area contributed by atoms with Crippen molar-refractivity contribution in [3.63, 3.8) is 0 Å². The van der Waals surface area contributed by atoms with Crippen molar-refractivity contribution in [3.8, 4) is 0 Å². The lowest BCUT2D eigenvalue weighted by Gasteiger charge is -2.14. The summed E-state index contributed by atoms with van der Waals surface area (Å²) in [5, 5.41) is 0.362. The summed E-state index contributed by atoms with van der Waals surface area (Å²) in [5.41, 5.74) is 6.89. The summed E-state index contributed by atoms with van der Waals surface area (Å²) in [4.78, 5) is 4.31. The average Bonchev–Trinajstić information content (AvgIpc) is 2.77. The highest BCUT2D eigenvalue weighted by Gasteiger charge is 2.14. The van der Waals surface area contributed by atoms with Crippen LogP contribution >= 0.6 is 11.6 Å². The minimum atomic E-state index is -0.353. The second-order valence-electron chi connectivity index (χ2n) is 4.51. The van der Waals surface area contributed by atoms with Crippen molar-refractivity contribution >= 4 is 11.6 Å². The molecule has 0 amide bonds. The van der Waals surface area contributed by atoms with E-state index in [0.29, 0.717) is 11.4 Å². The fourth-order valence-electron chi connectivity index (χ4n) is 2.08. The molecule has 1 aromatic carbocycles. The highest BCUT2D eigenvalue weighted by atomic mass is 35.5. The molecule has 1 aromatic heterocycles. The lowest BCUT2D eigenvalue weighted by molar-refractivity contribution is 0.596. The predicted octanol–water partition coefficient (Wildman–Crippen LogP) is 3.33. The zero-order chi connectivity index (χ0) is 13.8. The first-order valence-electron chi connectivity index (χ1n) is 6.32. The van der Waals surface area contributed by atoms with E-state index in [4.69, 9.17) is 17.3 Å². The summed E-state index contributed by atoms with van der Waals surface area (Å²) in [6.07, 6.45) is 5.33. The molecule has 1 atom stereocenters. The number of rotatable bonds is 5. The van der Waals surface area contributed by atoms with Crippen LogP contribution in [0.25, 0.3) is 0 Å². The van der Waals surface area contributed by atoms with Gasteiger partial charge in [-0.25, -0.2) is 9.37 Å². The first-order valence-corrected chi connectivity index (χ1v) is 6.70. The van der Waals surface area contributed by atoms with Crippen LogP contribution in [0.3, 0.4) is 0 Å². The molecule has 0 aliphatic rings. The third-order valence-electron chi connectivity index (χ3n) is 3.03. The summed E-state index contributed by atoms with van der Waals surface area (Å²) in [5.74, 6) is 0.572. The second kappa shape index (κ2) is 6.17. The predicted molar refractivity (Wildman–Crippen MR) is 74.6 cm³/mol. The van der Waals surface area contributed by atoms with Crippen LogP contribution in [0.1, 0.15) is 30.8 Å². The molecular weight excluding hydrogens is 265 g/mol. The van der Waals surface area contributed by atoms with Crippen LogP contribution in [-0.4, -0.2) is 9.55 Å². The van der Waals surface area contributed by atoms with E-state index >= 15 is 0 Å². The van der Waals surface area contributed by atoms with Gasteiger partial charge in [0.05, 0.1) is 0 Å². The van der Waals surface area contributed by atoms with E-state index in [-0.39, 0.29) is 11.9 Å². The first kappa shape index (κ1) is 14.0. The Bertz CT molecular complexity index is 553. The van der Waals surface area contributed by atoms with Crippen LogP contribution in [0.15, 0.2) is 30.6 Å². The fraction of sp³-hybridized carbons (Fsp3) is 0.357. The monoisotopic (exact) mass is 281 g/mol. The van der Waals surface area contributed by atoms with E-state index < -0.39 is 0 Å². The molecular formula is C14H17ClFN3. The normalized spacial score (nSPS) is 12.6. The maximum atomic E-state index is 13.0. The molecule has 2 rings (SSSR count). The maximum absolute atomic E-state index is 13.0. The summed E-state index contributed by atoms with van der Waals surface area (Å²) in [7, 11) is 0. The third-order valence-corrected chi connectivity index (χ3v) is 3.36. The molecule has 19 heavy (non-hydrogen) atoms. The Kier molecular flexibility index (Phi) is 4.56. The second-order valence-corrected chi connectivity index (χ2v) is 4.92. The molecule has 1 unspecified atom stereocenters. The standard InChI is InChI=1S/C14H17ClFN3/c1-2-6-19-7-5-18-14(19)9-13(17)11-4-3-10(16)8-12(11)15/h3-5,7-8,13H,2,6,9,17H2,1H3. The number of aromatic nitrogens is 2. The van der Waals surface area contributed by atoms with Gasteiger partial charge in [-0.1, -0.05) is 24.6 Å². The van der Waals surface area contributed by atoms with Gasteiger partial charge in [0.25, 0.3) is 0 Å². The number of benzene rings is 1. The van der Waals surface area contributed by atoms with Gasteiger partial charge in [0.2, 0.25) is 0 Å². The molecule has 5 heteroatoms.